The summed E-state index contributed by atoms with van der Waals surface area (Å²) in [5.74, 6) is 0. The molecule has 42 valence electrons. The highest BCUT2D eigenvalue weighted by Gasteiger charge is 2.36. The van der Waals surface area contributed by atoms with Crippen LogP contribution in [0, 0.1) is 5.41 Å². The van der Waals surface area contributed by atoms with Gasteiger partial charge in [0.2, 0.25) is 0 Å². The van der Waals surface area contributed by atoms with Crippen LogP contribution in [0.3, 0.4) is 0 Å². The Morgan fingerprint density at radius 3 is 2.00 bits per heavy atom. The van der Waals surface area contributed by atoms with Gasteiger partial charge in [-0.2, -0.15) is 0 Å². The van der Waals surface area contributed by atoms with Crippen LogP contribution in [-0.2, 0) is 0 Å². The highest BCUT2D eigenvalue weighted by Crippen LogP contribution is 2.43. The van der Waals surface area contributed by atoms with E-state index in [2.05, 4.69) is 13.8 Å². The molecular formula is C6H11Cl. The molecule has 0 aromatic heterocycles. The summed E-state index contributed by atoms with van der Waals surface area (Å²) < 4.78 is 0. The van der Waals surface area contributed by atoms with Crippen LogP contribution in [0.25, 0.3) is 0 Å². The number of hydrogen-bond acceptors (Lipinski definition) is 0. The Bertz CT molecular complexity index is 76.2. The lowest BCUT2D eigenvalue weighted by Crippen LogP contribution is -2.35. The summed E-state index contributed by atoms with van der Waals surface area (Å²) in [7, 11) is 0. The van der Waals surface area contributed by atoms with Crippen molar-refractivity contribution in [2.45, 2.75) is 32.1 Å². The number of alkyl halides is 1. The summed E-state index contributed by atoms with van der Waals surface area (Å²) in [6, 6.07) is 0. The van der Waals surface area contributed by atoms with Crippen molar-refractivity contribution in [3.8, 4) is 0 Å². The molecule has 1 rings (SSSR count). The molecule has 1 aliphatic rings. The summed E-state index contributed by atoms with van der Waals surface area (Å²) in [4.78, 5) is 0. The van der Waals surface area contributed by atoms with Crippen LogP contribution >= 0.6 is 11.6 Å². The highest BCUT2D eigenvalue weighted by atomic mass is 35.5. The molecule has 0 saturated heterocycles. The second-order valence-electron chi connectivity index (χ2n) is 2.99. The van der Waals surface area contributed by atoms with Gasteiger partial charge in [-0.05, 0) is 18.3 Å². The van der Waals surface area contributed by atoms with E-state index in [0.29, 0.717) is 10.8 Å². The van der Waals surface area contributed by atoms with E-state index in [-0.39, 0.29) is 0 Å². The zero-order valence-electron chi connectivity index (χ0n) is 4.87. The summed E-state index contributed by atoms with van der Waals surface area (Å²) in [5.41, 5.74) is 0.446. The quantitative estimate of drug-likeness (QED) is 0.429. The molecule has 7 heavy (non-hydrogen) atoms. The van der Waals surface area contributed by atoms with Crippen LogP contribution in [0.1, 0.15) is 26.7 Å². The Morgan fingerprint density at radius 2 is 2.00 bits per heavy atom. The molecule has 0 bridgehead atoms. The number of hydrogen-bond donors (Lipinski definition) is 0. The van der Waals surface area contributed by atoms with Crippen LogP contribution in [-0.4, -0.2) is 5.38 Å². The van der Waals surface area contributed by atoms with Crippen molar-refractivity contribution in [3.05, 3.63) is 0 Å². The van der Waals surface area contributed by atoms with Gasteiger partial charge in [0.1, 0.15) is 0 Å². The molecule has 1 aliphatic carbocycles. The van der Waals surface area contributed by atoms with Gasteiger partial charge >= 0.3 is 0 Å². The maximum Gasteiger partial charge on any atom is 0.0387 e. The molecule has 1 heteroatoms. The maximum atomic E-state index is 5.84. The number of rotatable bonds is 0. The summed E-state index contributed by atoms with van der Waals surface area (Å²) in [6.07, 6.45) is 2.52. The van der Waals surface area contributed by atoms with Crippen molar-refractivity contribution < 1.29 is 0 Å². The van der Waals surface area contributed by atoms with E-state index in [4.69, 9.17) is 11.6 Å². The van der Waals surface area contributed by atoms with Gasteiger partial charge in [-0.15, -0.1) is 11.6 Å². The van der Waals surface area contributed by atoms with Crippen molar-refractivity contribution in [2.75, 3.05) is 0 Å². The fourth-order valence-electron chi connectivity index (χ4n) is 0.831. The van der Waals surface area contributed by atoms with Gasteiger partial charge in [-0.25, -0.2) is 0 Å². The van der Waals surface area contributed by atoms with E-state index in [0.717, 1.165) is 0 Å². The Hall–Kier alpha value is 0.290. The molecule has 0 aromatic carbocycles. The molecule has 0 spiro atoms. The summed E-state index contributed by atoms with van der Waals surface area (Å²) >= 11 is 5.84. The first-order valence-electron chi connectivity index (χ1n) is 2.77. The Balaban J connectivity index is 2.43. The highest BCUT2D eigenvalue weighted by molar-refractivity contribution is 6.21. The zero-order chi connectivity index (χ0) is 5.49. The molecule has 0 aliphatic heterocycles. The van der Waals surface area contributed by atoms with E-state index >= 15 is 0 Å². The predicted molar refractivity (Wildman–Crippen MR) is 32.7 cm³/mol. The smallest absolute Gasteiger partial charge is 0.0387 e. The van der Waals surface area contributed by atoms with Crippen molar-refractivity contribution in [1.82, 2.24) is 0 Å². The average Bonchev–Trinajstić information content (AvgIpc) is 1.63. The topological polar surface area (TPSA) is 0 Å². The Kier molecular flexibility index (Phi) is 1.07. The predicted octanol–water partition coefficient (Wildman–Crippen LogP) is 2.41. The van der Waals surface area contributed by atoms with Crippen LogP contribution in [0.2, 0.25) is 0 Å². The van der Waals surface area contributed by atoms with Gasteiger partial charge in [0, 0.05) is 5.38 Å². The monoisotopic (exact) mass is 118 g/mol. The summed E-state index contributed by atoms with van der Waals surface area (Å²) in [5, 5.41) is 0.451. The zero-order valence-corrected chi connectivity index (χ0v) is 5.63. The molecular weight excluding hydrogens is 108 g/mol. The normalized spacial score (nSPS) is 37.3. The minimum atomic E-state index is 0.446. The third kappa shape index (κ3) is 0.766. The van der Waals surface area contributed by atoms with Crippen LogP contribution < -0.4 is 0 Å². The van der Waals surface area contributed by atoms with Crippen molar-refractivity contribution >= 4 is 11.6 Å². The lowest BCUT2D eigenvalue weighted by Gasteiger charge is -2.40. The lowest BCUT2D eigenvalue weighted by atomic mass is 9.72. The molecule has 0 amide bonds. The van der Waals surface area contributed by atoms with Crippen LogP contribution in [0.15, 0.2) is 0 Å². The third-order valence-corrected chi connectivity index (χ3v) is 2.70. The molecule has 0 nitrogen and oxygen atoms in total. The molecule has 1 unspecified atom stereocenters. The first-order chi connectivity index (χ1) is 3.13. The van der Waals surface area contributed by atoms with Gasteiger partial charge in [-0.3, -0.25) is 0 Å². The maximum absolute atomic E-state index is 5.84. The Labute approximate surface area is 49.9 Å². The van der Waals surface area contributed by atoms with Crippen LogP contribution in [0.5, 0.6) is 0 Å². The van der Waals surface area contributed by atoms with Crippen molar-refractivity contribution in [3.63, 3.8) is 0 Å². The van der Waals surface area contributed by atoms with Gasteiger partial charge in [0.25, 0.3) is 0 Å². The first-order valence-corrected chi connectivity index (χ1v) is 3.21. The van der Waals surface area contributed by atoms with Gasteiger partial charge in [0.05, 0.1) is 0 Å². The fourth-order valence-corrected chi connectivity index (χ4v) is 1.05. The second kappa shape index (κ2) is 1.38. The number of halogens is 1. The summed E-state index contributed by atoms with van der Waals surface area (Å²) in [6.45, 7) is 4.43. The van der Waals surface area contributed by atoms with Gasteiger partial charge in [-0.1, -0.05) is 13.8 Å². The first kappa shape index (κ1) is 5.43. The second-order valence-corrected chi connectivity index (χ2v) is 3.52. The van der Waals surface area contributed by atoms with Gasteiger partial charge in [0.15, 0.2) is 0 Å². The molecule has 0 radical (unpaired) electrons. The van der Waals surface area contributed by atoms with Gasteiger partial charge < -0.3 is 0 Å². The minimum Gasteiger partial charge on any atom is -0.122 e. The molecule has 1 atom stereocenters. The van der Waals surface area contributed by atoms with Crippen LogP contribution in [0.4, 0.5) is 0 Å². The molecule has 0 aromatic rings. The van der Waals surface area contributed by atoms with E-state index < -0.39 is 0 Å². The van der Waals surface area contributed by atoms with E-state index in [1.165, 1.54) is 12.8 Å². The molecule has 0 N–H and O–H groups in total. The lowest BCUT2D eigenvalue weighted by molar-refractivity contribution is 0.199. The molecule has 1 fully saturated rings. The van der Waals surface area contributed by atoms with Crippen molar-refractivity contribution in [2.24, 2.45) is 5.41 Å². The Morgan fingerprint density at radius 1 is 1.57 bits per heavy atom. The SMILES string of the molecule is CC1(C)CCC1Cl. The van der Waals surface area contributed by atoms with E-state index in [9.17, 15) is 0 Å². The van der Waals surface area contributed by atoms with E-state index in [1.807, 2.05) is 0 Å². The third-order valence-electron chi connectivity index (χ3n) is 1.89. The van der Waals surface area contributed by atoms with Crippen molar-refractivity contribution in [1.29, 1.82) is 0 Å². The molecule has 1 saturated carbocycles. The largest absolute Gasteiger partial charge is 0.122 e. The minimum absolute atomic E-state index is 0.446. The average molecular weight is 119 g/mol. The standard InChI is InChI=1S/C6H11Cl/c1-6(2)4-3-5(6)7/h5H,3-4H2,1-2H3. The van der Waals surface area contributed by atoms with E-state index in [1.54, 1.807) is 0 Å². The fraction of sp³-hybridized carbons (Fsp3) is 1.00. The molecule has 0 heterocycles.